The van der Waals surface area contributed by atoms with Crippen molar-refractivity contribution in [2.75, 3.05) is 7.11 Å². The fourth-order valence-corrected chi connectivity index (χ4v) is 1.51. The van der Waals surface area contributed by atoms with Crippen molar-refractivity contribution in [2.45, 2.75) is 25.1 Å². The first-order valence-electron chi connectivity index (χ1n) is 4.26. The van der Waals surface area contributed by atoms with E-state index in [4.69, 9.17) is 13.8 Å². The molecule has 1 saturated heterocycles. The highest BCUT2D eigenvalue weighted by Gasteiger charge is 2.38. The van der Waals surface area contributed by atoms with Gasteiger partial charge in [-0.05, 0) is 6.92 Å². The smallest absolute Gasteiger partial charge is 0.214 e. The first kappa shape index (κ1) is 11.8. The van der Waals surface area contributed by atoms with Gasteiger partial charge in [0.15, 0.2) is 13.6 Å². The molecule has 14 heavy (non-hydrogen) atoms. The second kappa shape index (κ2) is 4.98. The van der Waals surface area contributed by atoms with Crippen LogP contribution in [0.2, 0.25) is 0 Å². The standard InChI is InChI=1S/C7H14BO5P/c1-3(13-14-11-2)6-4(9)5(10)7(8)12-6/h4-5,7,9-10,14H,8H2,1-2H3/b6-3+. The Kier molecular flexibility index (Phi) is 4.19. The Morgan fingerprint density at radius 1 is 1.57 bits per heavy atom. The number of aliphatic hydroxyl groups is 2. The highest BCUT2D eigenvalue weighted by Crippen LogP contribution is 2.29. The zero-order valence-electron chi connectivity index (χ0n) is 8.35. The lowest BCUT2D eigenvalue weighted by atomic mass is 9.93. The fraction of sp³-hybridized carbons (Fsp3) is 0.714. The summed E-state index contributed by atoms with van der Waals surface area (Å²) in [6.45, 7) is 1.66. The number of rotatable bonds is 3. The quantitative estimate of drug-likeness (QED) is 0.366. The highest BCUT2D eigenvalue weighted by atomic mass is 31.1. The van der Waals surface area contributed by atoms with E-state index < -0.39 is 18.2 Å². The van der Waals surface area contributed by atoms with E-state index in [0.29, 0.717) is 5.76 Å². The molecule has 4 unspecified atom stereocenters. The zero-order chi connectivity index (χ0) is 10.7. The summed E-state index contributed by atoms with van der Waals surface area (Å²) in [4.78, 5) is 0. The van der Waals surface area contributed by atoms with Crippen LogP contribution in [0.1, 0.15) is 6.92 Å². The van der Waals surface area contributed by atoms with Crippen molar-refractivity contribution < 1.29 is 24.0 Å². The van der Waals surface area contributed by atoms with Gasteiger partial charge in [0.2, 0.25) is 9.03 Å². The Morgan fingerprint density at radius 2 is 2.21 bits per heavy atom. The molecule has 0 saturated carbocycles. The lowest BCUT2D eigenvalue weighted by molar-refractivity contribution is 0.0525. The van der Waals surface area contributed by atoms with Crippen LogP contribution in [0.5, 0.6) is 0 Å². The maximum Gasteiger partial charge on any atom is 0.214 e. The molecule has 2 N–H and O–H groups in total. The van der Waals surface area contributed by atoms with E-state index in [1.54, 1.807) is 14.8 Å². The summed E-state index contributed by atoms with van der Waals surface area (Å²) in [6, 6.07) is -0.413. The molecule has 1 aliphatic heterocycles. The zero-order valence-corrected chi connectivity index (χ0v) is 9.35. The molecule has 0 radical (unpaired) electrons. The van der Waals surface area contributed by atoms with Gasteiger partial charge in [-0.3, -0.25) is 0 Å². The van der Waals surface area contributed by atoms with Crippen LogP contribution in [-0.2, 0) is 13.8 Å². The summed E-state index contributed by atoms with van der Waals surface area (Å²) in [6.07, 6.45) is -1.90. The van der Waals surface area contributed by atoms with Gasteiger partial charge < -0.3 is 24.0 Å². The van der Waals surface area contributed by atoms with Crippen LogP contribution in [0.25, 0.3) is 0 Å². The van der Waals surface area contributed by atoms with E-state index in [9.17, 15) is 10.2 Å². The number of ether oxygens (including phenoxy) is 1. The van der Waals surface area contributed by atoms with Gasteiger partial charge in [-0.15, -0.1) is 0 Å². The van der Waals surface area contributed by atoms with E-state index in [-0.39, 0.29) is 14.8 Å². The van der Waals surface area contributed by atoms with Crippen LogP contribution in [0.3, 0.4) is 0 Å². The highest BCUT2D eigenvalue weighted by molar-refractivity contribution is 7.26. The number of aliphatic hydroxyl groups excluding tert-OH is 2. The normalized spacial score (nSPS) is 36.1. The third-order valence-corrected chi connectivity index (χ3v) is 2.57. The van der Waals surface area contributed by atoms with E-state index in [0.717, 1.165) is 0 Å². The van der Waals surface area contributed by atoms with E-state index in [1.807, 2.05) is 0 Å². The molecule has 1 aliphatic rings. The van der Waals surface area contributed by atoms with Gasteiger partial charge >= 0.3 is 0 Å². The molecule has 5 nitrogen and oxygen atoms in total. The summed E-state index contributed by atoms with van der Waals surface area (Å²) in [5, 5.41) is 19.0. The average Bonchev–Trinajstić information content (AvgIpc) is 2.42. The van der Waals surface area contributed by atoms with Gasteiger partial charge in [0.25, 0.3) is 0 Å². The number of hydrogen-bond donors (Lipinski definition) is 2. The molecule has 1 heterocycles. The molecule has 0 aromatic heterocycles. The second-order valence-electron chi connectivity index (χ2n) is 3.07. The molecule has 0 aromatic rings. The first-order chi connectivity index (χ1) is 6.57. The SMILES string of the molecule is BC1O/C(=C(\C)OPOC)C(O)C1O. The fourth-order valence-electron chi connectivity index (χ4n) is 1.20. The Bertz CT molecular complexity index is 234. The van der Waals surface area contributed by atoms with Crippen LogP contribution >= 0.6 is 9.03 Å². The average molecular weight is 220 g/mol. The maximum atomic E-state index is 9.55. The molecule has 4 atom stereocenters. The summed E-state index contributed by atoms with van der Waals surface area (Å²) in [7, 11) is 3.07. The molecule has 7 heteroatoms. The molecular formula is C7H14BO5P. The molecule has 1 rings (SSSR count). The second-order valence-corrected chi connectivity index (χ2v) is 3.85. The molecular weight excluding hydrogens is 206 g/mol. The molecule has 1 fully saturated rings. The van der Waals surface area contributed by atoms with E-state index in [2.05, 4.69) is 0 Å². The van der Waals surface area contributed by atoms with Crippen LogP contribution in [0, 0.1) is 0 Å². The van der Waals surface area contributed by atoms with Gasteiger partial charge in [0.1, 0.15) is 18.0 Å². The molecule has 0 spiro atoms. The van der Waals surface area contributed by atoms with Crippen molar-refractivity contribution in [3.05, 3.63) is 11.5 Å². The minimum atomic E-state index is -1.01. The van der Waals surface area contributed by atoms with Crippen molar-refractivity contribution >= 4 is 16.9 Å². The molecule has 0 bridgehead atoms. The van der Waals surface area contributed by atoms with Crippen molar-refractivity contribution in [1.29, 1.82) is 0 Å². The summed E-state index contributed by atoms with van der Waals surface area (Å²) in [5.74, 6) is 0.732. The predicted octanol–water partition coefficient (Wildman–Crippen LogP) is -0.899. The Labute approximate surface area is 85.4 Å². The monoisotopic (exact) mass is 220 g/mol. The summed E-state index contributed by atoms with van der Waals surface area (Å²) < 4.78 is 15.1. The van der Waals surface area contributed by atoms with Crippen LogP contribution in [-0.4, -0.2) is 43.4 Å². The van der Waals surface area contributed by atoms with Gasteiger partial charge in [-0.1, -0.05) is 0 Å². The number of allylic oxidation sites excluding steroid dienone is 1. The van der Waals surface area contributed by atoms with Crippen molar-refractivity contribution in [1.82, 2.24) is 0 Å². The lowest BCUT2D eigenvalue weighted by Gasteiger charge is -2.09. The van der Waals surface area contributed by atoms with Crippen molar-refractivity contribution in [2.24, 2.45) is 0 Å². The molecule has 0 amide bonds. The summed E-state index contributed by atoms with van der Waals surface area (Å²) in [5.41, 5.74) is 0. The van der Waals surface area contributed by atoms with E-state index in [1.165, 1.54) is 7.11 Å². The van der Waals surface area contributed by atoms with Crippen molar-refractivity contribution in [3.8, 4) is 0 Å². The Hall–Kier alpha value is -0.285. The van der Waals surface area contributed by atoms with Gasteiger partial charge in [0.05, 0.1) is 6.00 Å². The lowest BCUT2D eigenvalue weighted by Crippen LogP contribution is -2.29. The summed E-state index contributed by atoms with van der Waals surface area (Å²) >= 11 is 0. The third kappa shape index (κ3) is 2.39. The van der Waals surface area contributed by atoms with Gasteiger partial charge in [-0.2, -0.15) is 0 Å². The Balaban J connectivity index is 2.67. The molecule has 0 aromatic carbocycles. The maximum absolute atomic E-state index is 9.55. The van der Waals surface area contributed by atoms with E-state index >= 15 is 0 Å². The third-order valence-electron chi connectivity index (χ3n) is 2.01. The largest absolute Gasteiger partial charge is 0.495 e. The predicted molar refractivity (Wildman–Crippen MR) is 54.5 cm³/mol. The first-order valence-corrected chi connectivity index (χ1v) is 5.08. The minimum Gasteiger partial charge on any atom is -0.495 e. The van der Waals surface area contributed by atoms with Crippen LogP contribution in [0.4, 0.5) is 0 Å². The molecule has 0 aliphatic carbocycles. The van der Waals surface area contributed by atoms with Gasteiger partial charge in [-0.25, -0.2) is 0 Å². The van der Waals surface area contributed by atoms with Gasteiger partial charge in [0, 0.05) is 7.11 Å². The van der Waals surface area contributed by atoms with Crippen molar-refractivity contribution in [3.63, 3.8) is 0 Å². The molecule has 80 valence electrons. The minimum absolute atomic E-state index is 0.135. The topological polar surface area (TPSA) is 68.2 Å². The number of hydrogen-bond acceptors (Lipinski definition) is 5. The Morgan fingerprint density at radius 3 is 2.64 bits per heavy atom. The van der Waals surface area contributed by atoms with Crippen LogP contribution < -0.4 is 0 Å². The van der Waals surface area contributed by atoms with Crippen LogP contribution in [0.15, 0.2) is 11.5 Å².